The van der Waals surface area contributed by atoms with Crippen LogP contribution in [0.4, 0.5) is 15.2 Å². The number of rotatable bonds is 4. The summed E-state index contributed by atoms with van der Waals surface area (Å²) in [7, 11) is 0. The lowest BCUT2D eigenvalue weighted by Crippen LogP contribution is -2.14. The van der Waals surface area contributed by atoms with E-state index < -0.39 is 0 Å². The first-order valence-electron chi connectivity index (χ1n) is 8.64. The topological polar surface area (TPSA) is 86.9 Å². The fourth-order valence-corrected chi connectivity index (χ4v) is 4.09. The first kappa shape index (κ1) is 18.1. The van der Waals surface area contributed by atoms with Gasteiger partial charge in [0.1, 0.15) is 5.82 Å². The molecule has 28 heavy (non-hydrogen) atoms. The lowest BCUT2D eigenvalue weighted by Gasteiger charge is -2.02. The molecule has 0 aliphatic heterocycles. The number of fused-ring (bicyclic) bond motifs is 2. The molecule has 4 aromatic rings. The number of hydrogen-bond acceptors (Lipinski definition) is 4. The first-order valence-corrected chi connectivity index (χ1v) is 9.45. The number of thiazole rings is 1. The molecule has 0 atom stereocenters. The van der Waals surface area contributed by atoms with E-state index >= 15 is 0 Å². The van der Waals surface area contributed by atoms with Crippen molar-refractivity contribution in [2.75, 3.05) is 10.6 Å². The molecule has 0 saturated carbocycles. The molecule has 0 saturated heterocycles. The van der Waals surface area contributed by atoms with E-state index in [4.69, 9.17) is 0 Å². The van der Waals surface area contributed by atoms with Crippen LogP contribution in [0.2, 0.25) is 0 Å². The number of carbonyl (C=O) groups excluding carboxylic acids is 2. The van der Waals surface area contributed by atoms with E-state index in [9.17, 15) is 14.0 Å². The molecule has 2 aromatic heterocycles. The van der Waals surface area contributed by atoms with E-state index in [-0.39, 0.29) is 24.1 Å². The largest absolute Gasteiger partial charge is 0.358 e. The monoisotopic (exact) mass is 396 g/mol. The van der Waals surface area contributed by atoms with Crippen LogP contribution in [0.3, 0.4) is 0 Å². The van der Waals surface area contributed by atoms with Crippen LogP contribution in [0.1, 0.15) is 18.2 Å². The summed E-state index contributed by atoms with van der Waals surface area (Å²) in [5.74, 6) is -0.716. The number of H-pyrrole nitrogens is 1. The van der Waals surface area contributed by atoms with Crippen molar-refractivity contribution < 1.29 is 14.0 Å². The van der Waals surface area contributed by atoms with Crippen molar-refractivity contribution in [3.63, 3.8) is 0 Å². The van der Waals surface area contributed by atoms with Gasteiger partial charge in [0, 0.05) is 29.2 Å². The average Bonchev–Trinajstić information content (AvgIpc) is 3.14. The normalized spacial score (nSPS) is 11.1. The minimum Gasteiger partial charge on any atom is -0.358 e. The van der Waals surface area contributed by atoms with Crippen LogP contribution in [-0.4, -0.2) is 21.8 Å². The molecule has 3 N–H and O–H groups in total. The summed E-state index contributed by atoms with van der Waals surface area (Å²) in [6.45, 7) is 3.31. The second-order valence-corrected chi connectivity index (χ2v) is 7.56. The smallest absolute Gasteiger partial charge is 0.230 e. The maximum Gasteiger partial charge on any atom is 0.230 e. The Morgan fingerprint density at radius 1 is 1.18 bits per heavy atom. The van der Waals surface area contributed by atoms with Gasteiger partial charge in [-0.3, -0.25) is 9.59 Å². The van der Waals surface area contributed by atoms with Gasteiger partial charge in [-0.25, -0.2) is 9.37 Å². The standard InChI is InChI=1S/C20H17FN4O2S/c1-10-14(15-7-12(21)3-5-16(15)22-10)9-19(27)25-20-24-17-6-4-13(23-11(2)26)8-18(17)28-20/h3-8,22H,9H2,1-2H3,(H,23,26)(H,24,25,27). The number of anilines is 2. The molecule has 0 unspecified atom stereocenters. The quantitative estimate of drug-likeness (QED) is 0.479. The minimum atomic E-state index is -0.339. The van der Waals surface area contributed by atoms with E-state index in [0.717, 1.165) is 27.0 Å². The highest BCUT2D eigenvalue weighted by atomic mass is 32.1. The summed E-state index contributed by atoms with van der Waals surface area (Å²) in [5.41, 5.74) is 3.81. The molecule has 6 nitrogen and oxygen atoms in total. The summed E-state index contributed by atoms with van der Waals surface area (Å²) in [5, 5.41) is 6.71. The highest BCUT2D eigenvalue weighted by molar-refractivity contribution is 7.22. The van der Waals surface area contributed by atoms with Crippen molar-refractivity contribution in [3.8, 4) is 0 Å². The maximum atomic E-state index is 13.6. The number of benzene rings is 2. The fourth-order valence-electron chi connectivity index (χ4n) is 3.17. The molecule has 0 spiro atoms. The maximum absolute atomic E-state index is 13.6. The number of carbonyl (C=O) groups is 2. The van der Waals surface area contributed by atoms with Gasteiger partial charge >= 0.3 is 0 Å². The molecule has 8 heteroatoms. The number of nitrogens with one attached hydrogen (secondary N) is 3. The first-order chi connectivity index (χ1) is 13.4. The van der Waals surface area contributed by atoms with E-state index in [1.807, 2.05) is 13.0 Å². The van der Waals surface area contributed by atoms with Crippen LogP contribution in [0.25, 0.3) is 21.1 Å². The Kier molecular flexibility index (Phi) is 4.56. The van der Waals surface area contributed by atoms with Crippen molar-refractivity contribution >= 4 is 55.1 Å². The summed E-state index contributed by atoms with van der Waals surface area (Å²) < 4.78 is 14.4. The second kappa shape index (κ2) is 7.05. The van der Waals surface area contributed by atoms with Gasteiger partial charge in [-0.15, -0.1) is 0 Å². The second-order valence-electron chi connectivity index (χ2n) is 6.53. The third kappa shape index (κ3) is 3.59. The fraction of sp³-hybridized carbons (Fsp3) is 0.150. The van der Waals surface area contributed by atoms with Crippen LogP contribution in [0.5, 0.6) is 0 Å². The van der Waals surface area contributed by atoms with Crippen LogP contribution < -0.4 is 10.6 Å². The van der Waals surface area contributed by atoms with Gasteiger partial charge < -0.3 is 15.6 Å². The molecule has 0 bridgehead atoms. The van der Waals surface area contributed by atoms with Gasteiger partial charge in [0.25, 0.3) is 0 Å². The Bertz CT molecular complexity index is 1230. The molecule has 2 amide bonds. The van der Waals surface area contributed by atoms with E-state index in [1.165, 1.54) is 30.4 Å². The van der Waals surface area contributed by atoms with E-state index in [2.05, 4.69) is 20.6 Å². The SMILES string of the molecule is CC(=O)Nc1ccc2nc(NC(=O)Cc3c(C)[nH]c4ccc(F)cc34)sc2c1. The molecule has 0 aliphatic rings. The van der Waals surface area contributed by atoms with Gasteiger partial charge in [-0.2, -0.15) is 0 Å². The van der Waals surface area contributed by atoms with E-state index in [0.29, 0.717) is 16.2 Å². The van der Waals surface area contributed by atoms with E-state index in [1.54, 1.807) is 18.2 Å². The molecule has 0 fully saturated rings. The summed E-state index contributed by atoms with van der Waals surface area (Å²) in [4.78, 5) is 31.3. The number of nitrogens with zero attached hydrogens (tertiary/aromatic N) is 1. The van der Waals surface area contributed by atoms with Crippen LogP contribution >= 0.6 is 11.3 Å². The van der Waals surface area contributed by atoms with Gasteiger partial charge in [-0.1, -0.05) is 11.3 Å². The summed E-state index contributed by atoms with van der Waals surface area (Å²) >= 11 is 1.33. The van der Waals surface area contributed by atoms with Gasteiger partial charge in [-0.05, 0) is 48.9 Å². The molecule has 142 valence electrons. The zero-order valence-corrected chi connectivity index (χ0v) is 16.0. The van der Waals surface area contributed by atoms with Crippen molar-refractivity contribution in [3.05, 3.63) is 53.5 Å². The molecule has 4 rings (SSSR count). The minimum absolute atomic E-state index is 0.113. The van der Waals surface area contributed by atoms with Crippen molar-refractivity contribution in [1.29, 1.82) is 0 Å². The summed E-state index contributed by atoms with van der Waals surface area (Å²) in [6.07, 6.45) is 0.113. The third-order valence-corrected chi connectivity index (χ3v) is 5.31. The Morgan fingerprint density at radius 3 is 2.79 bits per heavy atom. The van der Waals surface area contributed by atoms with Crippen LogP contribution in [-0.2, 0) is 16.0 Å². The van der Waals surface area contributed by atoms with Crippen LogP contribution in [0, 0.1) is 12.7 Å². The molecule has 2 heterocycles. The highest BCUT2D eigenvalue weighted by Gasteiger charge is 2.15. The molecule has 0 radical (unpaired) electrons. The predicted octanol–water partition coefficient (Wildman–Crippen LogP) is 4.36. The number of amides is 2. The number of aryl methyl sites for hydroxylation is 1. The third-order valence-electron chi connectivity index (χ3n) is 4.37. The predicted molar refractivity (Wildman–Crippen MR) is 109 cm³/mol. The average molecular weight is 396 g/mol. The van der Waals surface area contributed by atoms with Crippen molar-refractivity contribution in [2.24, 2.45) is 0 Å². The van der Waals surface area contributed by atoms with Gasteiger partial charge in [0.15, 0.2) is 5.13 Å². The lowest BCUT2D eigenvalue weighted by atomic mass is 10.1. The van der Waals surface area contributed by atoms with Gasteiger partial charge in [0.2, 0.25) is 11.8 Å². The molecular formula is C20H17FN4O2S. The number of halogens is 1. The van der Waals surface area contributed by atoms with Crippen LogP contribution in [0.15, 0.2) is 36.4 Å². The summed E-state index contributed by atoms with van der Waals surface area (Å²) in [6, 6.07) is 9.86. The molecular weight excluding hydrogens is 379 g/mol. The Hall–Kier alpha value is -3.26. The Balaban J connectivity index is 1.55. The van der Waals surface area contributed by atoms with Gasteiger partial charge in [0.05, 0.1) is 16.6 Å². The highest BCUT2D eigenvalue weighted by Crippen LogP contribution is 2.29. The Morgan fingerprint density at radius 2 is 2.00 bits per heavy atom. The van der Waals surface area contributed by atoms with Crippen molar-refractivity contribution in [1.82, 2.24) is 9.97 Å². The zero-order valence-electron chi connectivity index (χ0n) is 15.2. The van der Waals surface area contributed by atoms with Crippen molar-refractivity contribution in [2.45, 2.75) is 20.3 Å². The molecule has 0 aliphatic carbocycles. The molecule has 2 aromatic carbocycles. The number of aromatic amines is 1. The zero-order chi connectivity index (χ0) is 19.8. The Labute approximate surface area is 163 Å². The number of hydrogen-bond donors (Lipinski definition) is 3. The lowest BCUT2D eigenvalue weighted by molar-refractivity contribution is -0.116. The number of aromatic nitrogens is 2.